The SMILES string of the molecule is COCOCCCCC1OCCCO1. The zero-order chi connectivity index (χ0) is 10.1. The van der Waals surface area contributed by atoms with E-state index < -0.39 is 0 Å². The molecule has 0 atom stereocenters. The summed E-state index contributed by atoms with van der Waals surface area (Å²) < 4.78 is 20.8. The minimum Gasteiger partial charge on any atom is -0.359 e. The molecule has 0 aromatic rings. The molecular formula is C10H20O4. The Bertz CT molecular complexity index is 123. The van der Waals surface area contributed by atoms with Crippen LogP contribution in [0.5, 0.6) is 0 Å². The molecule has 84 valence electrons. The largest absolute Gasteiger partial charge is 0.359 e. The van der Waals surface area contributed by atoms with Crippen LogP contribution in [0.15, 0.2) is 0 Å². The predicted molar refractivity (Wildman–Crippen MR) is 52.0 cm³/mol. The molecule has 0 saturated carbocycles. The van der Waals surface area contributed by atoms with Gasteiger partial charge in [-0.25, -0.2) is 0 Å². The van der Waals surface area contributed by atoms with Gasteiger partial charge in [0.25, 0.3) is 0 Å². The van der Waals surface area contributed by atoms with Crippen molar-refractivity contribution in [2.45, 2.75) is 32.0 Å². The van der Waals surface area contributed by atoms with Crippen LogP contribution in [0, 0.1) is 0 Å². The first-order valence-corrected chi connectivity index (χ1v) is 5.23. The highest BCUT2D eigenvalue weighted by molar-refractivity contribution is 4.52. The molecule has 1 saturated heterocycles. The number of unbranched alkanes of at least 4 members (excludes halogenated alkanes) is 1. The number of hydrogen-bond donors (Lipinski definition) is 0. The van der Waals surface area contributed by atoms with Crippen molar-refractivity contribution in [2.75, 3.05) is 33.7 Å². The monoisotopic (exact) mass is 204 g/mol. The summed E-state index contributed by atoms with van der Waals surface area (Å²) in [5.41, 5.74) is 0. The first kappa shape index (κ1) is 11.9. The predicted octanol–water partition coefficient (Wildman–Crippen LogP) is 1.54. The zero-order valence-electron chi connectivity index (χ0n) is 8.87. The highest BCUT2D eigenvalue weighted by Gasteiger charge is 2.12. The van der Waals surface area contributed by atoms with Crippen LogP contribution in [0.25, 0.3) is 0 Å². The van der Waals surface area contributed by atoms with Gasteiger partial charge in [0.2, 0.25) is 0 Å². The quantitative estimate of drug-likeness (QED) is 0.465. The molecule has 0 N–H and O–H groups in total. The molecule has 14 heavy (non-hydrogen) atoms. The van der Waals surface area contributed by atoms with Gasteiger partial charge in [0, 0.05) is 13.7 Å². The van der Waals surface area contributed by atoms with E-state index in [9.17, 15) is 0 Å². The van der Waals surface area contributed by atoms with Crippen LogP contribution in [0.1, 0.15) is 25.7 Å². The molecule has 1 aliphatic heterocycles. The minimum absolute atomic E-state index is 0.0196. The van der Waals surface area contributed by atoms with Crippen LogP contribution in [0.3, 0.4) is 0 Å². The Balaban J connectivity index is 1.82. The van der Waals surface area contributed by atoms with Crippen LogP contribution in [-0.2, 0) is 18.9 Å². The van der Waals surface area contributed by atoms with Gasteiger partial charge in [-0.15, -0.1) is 0 Å². The lowest BCUT2D eigenvalue weighted by Gasteiger charge is -2.22. The Kier molecular flexibility index (Phi) is 6.95. The summed E-state index contributed by atoms with van der Waals surface area (Å²) in [7, 11) is 1.63. The average Bonchev–Trinajstić information content (AvgIpc) is 2.25. The van der Waals surface area contributed by atoms with Gasteiger partial charge >= 0.3 is 0 Å². The first-order chi connectivity index (χ1) is 6.93. The third kappa shape index (κ3) is 5.54. The highest BCUT2D eigenvalue weighted by Crippen LogP contribution is 2.11. The van der Waals surface area contributed by atoms with E-state index in [2.05, 4.69) is 0 Å². The summed E-state index contributed by atoms with van der Waals surface area (Å²) in [6, 6.07) is 0. The van der Waals surface area contributed by atoms with E-state index in [0.717, 1.165) is 45.5 Å². The topological polar surface area (TPSA) is 36.9 Å². The fraction of sp³-hybridized carbons (Fsp3) is 1.00. The molecule has 4 heteroatoms. The summed E-state index contributed by atoms with van der Waals surface area (Å²) in [4.78, 5) is 0. The number of rotatable bonds is 7. The van der Waals surface area contributed by atoms with Crippen molar-refractivity contribution in [2.24, 2.45) is 0 Å². The van der Waals surface area contributed by atoms with Gasteiger partial charge in [0.15, 0.2) is 6.29 Å². The molecule has 0 unspecified atom stereocenters. The number of methoxy groups -OCH3 is 1. The molecule has 4 nitrogen and oxygen atoms in total. The van der Waals surface area contributed by atoms with Gasteiger partial charge in [-0.2, -0.15) is 0 Å². The Morgan fingerprint density at radius 3 is 2.71 bits per heavy atom. The van der Waals surface area contributed by atoms with Crippen LogP contribution >= 0.6 is 0 Å². The molecule has 1 aliphatic rings. The summed E-state index contributed by atoms with van der Waals surface area (Å²) in [5, 5.41) is 0. The van der Waals surface area contributed by atoms with Crippen molar-refractivity contribution in [1.82, 2.24) is 0 Å². The lowest BCUT2D eigenvalue weighted by atomic mass is 10.2. The van der Waals surface area contributed by atoms with Crippen molar-refractivity contribution in [3.8, 4) is 0 Å². The van der Waals surface area contributed by atoms with E-state index in [1.165, 1.54) is 0 Å². The second-order valence-electron chi connectivity index (χ2n) is 3.34. The van der Waals surface area contributed by atoms with Crippen molar-refractivity contribution in [1.29, 1.82) is 0 Å². The fourth-order valence-electron chi connectivity index (χ4n) is 1.36. The van der Waals surface area contributed by atoms with Gasteiger partial charge in [-0.1, -0.05) is 0 Å². The molecular weight excluding hydrogens is 184 g/mol. The van der Waals surface area contributed by atoms with Crippen molar-refractivity contribution in [3.05, 3.63) is 0 Å². The maximum Gasteiger partial charge on any atom is 0.157 e. The van der Waals surface area contributed by atoms with Crippen molar-refractivity contribution < 1.29 is 18.9 Å². The van der Waals surface area contributed by atoms with Gasteiger partial charge < -0.3 is 18.9 Å². The van der Waals surface area contributed by atoms with E-state index in [4.69, 9.17) is 18.9 Å². The van der Waals surface area contributed by atoms with Gasteiger partial charge in [0.05, 0.1) is 13.2 Å². The Morgan fingerprint density at radius 1 is 1.21 bits per heavy atom. The molecule has 1 fully saturated rings. The molecule has 0 bridgehead atoms. The minimum atomic E-state index is 0.0196. The van der Waals surface area contributed by atoms with Crippen LogP contribution < -0.4 is 0 Å². The maximum atomic E-state index is 5.42. The van der Waals surface area contributed by atoms with E-state index in [1.807, 2.05) is 0 Å². The van der Waals surface area contributed by atoms with Crippen LogP contribution in [0.2, 0.25) is 0 Å². The molecule has 0 amide bonds. The molecule has 1 heterocycles. The van der Waals surface area contributed by atoms with Crippen LogP contribution in [-0.4, -0.2) is 40.0 Å². The zero-order valence-corrected chi connectivity index (χ0v) is 8.87. The Labute approximate surface area is 85.5 Å². The maximum absolute atomic E-state index is 5.42. The Hall–Kier alpha value is -0.160. The standard InChI is InChI=1S/C10H20O4/c1-11-9-12-6-3-2-5-10-13-7-4-8-14-10/h10H,2-9H2,1H3. The molecule has 0 radical (unpaired) electrons. The number of ether oxygens (including phenoxy) is 4. The van der Waals surface area contributed by atoms with E-state index in [1.54, 1.807) is 7.11 Å². The number of hydrogen-bond acceptors (Lipinski definition) is 4. The molecule has 0 aromatic carbocycles. The summed E-state index contributed by atoms with van der Waals surface area (Å²) in [6.07, 6.45) is 4.12. The molecule has 0 aromatic heterocycles. The average molecular weight is 204 g/mol. The smallest absolute Gasteiger partial charge is 0.157 e. The Morgan fingerprint density at radius 2 is 2.00 bits per heavy atom. The lowest BCUT2D eigenvalue weighted by molar-refractivity contribution is -0.182. The lowest BCUT2D eigenvalue weighted by Crippen LogP contribution is -2.24. The summed E-state index contributed by atoms with van der Waals surface area (Å²) >= 11 is 0. The van der Waals surface area contributed by atoms with Crippen molar-refractivity contribution in [3.63, 3.8) is 0 Å². The third-order valence-corrected chi connectivity index (χ3v) is 2.08. The summed E-state index contributed by atoms with van der Waals surface area (Å²) in [6.45, 7) is 2.81. The fourth-order valence-corrected chi connectivity index (χ4v) is 1.36. The van der Waals surface area contributed by atoms with E-state index in [-0.39, 0.29) is 6.29 Å². The third-order valence-electron chi connectivity index (χ3n) is 2.08. The molecule has 0 aliphatic carbocycles. The van der Waals surface area contributed by atoms with Crippen molar-refractivity contribution >= 4 is 0 Å². The second kappa shape index (κ2) is 8.17. The molecule has 1 rings (SSSR count). The van der Waals surface area contributed by atoms with Gasteiger partial charge in [0.1, 0.15) is 6.79 Å². The van der Waals surface area contributed by atoms with Crippen LogP contribution in [0.4, 0.5) is 0 Å². The highest BCUT2D eigenvalue weighted by atomic mass is 16.7. The van der Waals surface area contributed by atoms with E-state index in [0.29, 0.717) is 6.79 Å². The summed E-state index contributed by atoms with van der Waals surface area (Å²) in [5.74, 6) is 0. The molecule has 0 spiro atoms. The van der Waals surface area contributed by atoms with Gasteiger partial charge in [-0.3, -0.25) is 0 Å². The van der Waals surface area contributed by atoms with Gasteiger partial charge in [-0.05, 0) is 25.7 Å². The second-order valence-corrected chi connectivity index (χ2v) is 3.34. The van der Waals surface area contributed by atoms with E-state index >= 15 is 0 Å². The first-order valence-electron chi connectivity index (χ1n) is 5.23. The normalized spacial score (nSPS) is 18.6.